The van der Waals surface area contributed by atoms with Gasteiger partial charge in [-0.1, -0.05) is 25.8 Å². The molecular weight excluding hydrogens is 382 g/mol. The molecule has 0 bridgehead atoms. The van der Waals surface area contributed by atoms with Crippen LogP contribution in [-0.2, 0) is 16.1 Å². The lowest BCUT2D eigenvalue weighted by Crippen LogP contribution is -2.24. The Bertz CT molecular complexity index is 831. The summed E-state index contributed by atoms with van der Waals surface area (Å²) in [4.78, 5) is 15.9. The summed E-state index contributed by atoms with van der Waals surface area (Å²) in [6.45, 7) is 4.30. The van der Waals surface area contributed by atoms with Crippen molar-refractivity contribution in [1.82, 2.24) is 4.98 Å². The molecule has 0 radical (unpaired) electrons. The van der Waals surface area contributed by atoms with Gasteiger partial charge in [0, 0.05) is 5.56 Å². The summed E-state index contributed by atoms with van der Waals surface area (Å²) in [6.07, 6.45) is 6.96. The molecule has 6 nitrogen and oxygen atoms in total. The lowest BCUT2D eigenvalue weighted by molar-refractivity contribution is -0.142. The summed E-state index contributed by atoms with van der Waals surface area (Å²) in [6, 6.07) is 7.66. The van der Waals surface area contributed by atoms with E-state index in [1.807, 2.05) is 38.1 Å². The number of methoxy groups -OCH3 is 1. The van der Waals surface area contributed by atoms with Crippen molar-refractivity contribution in [3.63, 3.8) is 0 Å². The minimum absolute atomic E-state index is 0.199. The molecular formula is C24H33NO5. The molecule has 164 valence electrons. The molecule has 1 heterocycles. The molecule has 3 rings (SSSR count). The highest BCUT2D eigenvalue weighted by molar-refractivity contribution is 5.69. The van der Waals surface area contributed by atoms with E-state index in [2.05, 4.69) is 4.98 Å². The lowest BCUT2D eigenvalue weighted by atomic mass is 9.82. The predicted octanol–water partition coefficient (Wildman–Crippen LogP) is 5.63. The Morgan fingerprint density at radius 2 is 2.20 bits per heavy atom. The Balaban J connectivity index is 1.54. The van der Waals surface area contributed by atoms with Crippen LogP contribution in [0.4, 0.5) is 0 Å². The molecule has 1 aromatic heterocycles. The van der Waals surface area contributed by atoms with Crippen LogP contribution in [0.2, 0.25) is 0 Å². The Hall–Kier alpha value is -2.34. The van der Waals surface area contributed by atoms with Crippen LogP contribution in [0.15, 0.2) is 28.7 Å². The van der Waals surface area contributed by atoms with Crippen molar-refractivity contribution in [2.24, 2.45) is 11.8 Å². The Kier molecular flexibility index (Phi) is 7.91. The topological polar surface area (TPSA) is 81.8 Å². The van der Waals surface area contributed by atoms with Gasteiger partial charge in [-0.05, 0) is 63.1 Å². The van der Waals surface area contributed by atoms with Gasteiger partial charge in [-0.2, -0.15) is 0 Å². The normalized spacial score (nSPS) is 20.1. The van der Waals surface area contributed by atoms with Gasteiger partial charge in [0.15, 0.2) is 0 Å². The van der Waals surface area contributed by atoms with Crippen LogP contribution < -0.4 is 4.74 Å². The Morgan fingerprint density at radius 1 is 1.37 bits per heavy atom. The van der Waals surface area contributed by atoms with Gasteiger partial charge in [-0.3, -0.25) is 4.79 Å². The van der Waals surface area contributed by atoms with Crippen molar-refractivity contribution in [2.45, 2.75) is 71.5 Å². The van der Waals surface area contributed by atoms with E-state index in [1.165, 1.54) is 6.42 Å². The average Bonchev–Trinajstić information content (AvgIpc) is 3.13. The first-order valence-corrected chi connectivity index (χ1v) is 10.9. The van der Waals surface area contributed by atoms with Crippen molar-refractivity contribution in [3.05, 3.63) is 35.7 Å². The number of carboxylic acid groups (broad SMARTS) is 1. The zero-order valence-corrected chi connectivity index (χ0v) is 18.2. The Labute approximate surface area is 178 Å². The number of carbonyl (C=O) groups is 1. The number of aromatic nitrogens is 1. The lowest BCUT2D eigenvalue weighted by Gasteiger charge is -2.29. The number of rotatable bonds is 10. The maximum Gasteiger partial charge on any atom is 0.306 e. The summed E-state index contributed by atoms with van der Waals surface area (Å²) in [7, 11) is 1.64. The molecule has 0 aliphatic heterocycles. The number of oxazole rings is 1. The van der Waals surface area contributed by atoms with Crippen molar-refractivity contribution in [2.75, 3.05) is 7.11 Å². The van der Waals surface area contributed by atoms with Gasteiger partial charge in [0.05, 0.1) is 25.7 Å². The van der Waals surface area contributed by atoms with E-state index in [0.717, 1.165) is 54.9 Å². The number of aryl methyl sites for hydroxylation is 1. The second-order valence-corrected chi connectivity index (χ2v) is 8.24. The molecule has 3 unspecified atom stereocenters. The molecule has 2 aromatic rings. The van der Waals surface area contributed by atoms with Crippen LogP contribution in [0.25, 0.3) is 11.5 Å². The van der Waals surface area contributed by atoms with Crippen LogP contribution in [0.5, 0.6) is 5.75 Å². The molecule has 6 heteroatoms. The molecule has 0 amide bonds. The summed E-state index contributed by atoms with van der Waals surface area (Å²) >= 11 is 0. The van der Waals surface area contributed by atoms with Crippen molar-refractivity contribution >= 4 is 5.97 Å². The fourth-order valence-corrected chi connectivity index (χ4v) is 4.23. The highest BCUT2D eigenvalue weighted by atomic mass is 16.5. The van der Waals surface area contributed by atoms with Crippen LogP contribution in [0.3, 0.4) is 0 Å². The zero-order valence-electron chi connectivity index (χ0n) is 18.2. The number of carboxylic acids is 1. The maximum absolute atomic E-state index is 11.3. The predicted molar refractivity (Wildman–Crippen MR) is 114 cm³/mol. The first kappa shape index (κ1) is 22.3. The van der Waals surface area contributed by atoms with E-state index in [0.29, 0.717) is 24.8 Å². The fourth-order valence-electron chi connectivity index (χ4n) is 4.23. The summed E-state index contributed by atoms with van der Waals surface area (Å²) in [5.41, 5.74) is 1.71. The molecule has 1 aromatic carbocycles. The number of nitrogens with zero attached hydrogens (tertiary/aromatic N) is 1. The van der Waals surface area contributed by atoms with Gasteiger partial charge < -0.3 is 19.0 Å². The van der Waals surface area contributed by atoms with Gasteiger partial charge in [-0.15, -0.1) is 0 Å². The van der Waals surface area contributed by atoms with Gasteiger partial charge >= 0.3 is 5.97 Å². The summed E-state index contributed by atoms with van der Waals surface area (Å²) in [5, 5.41) is 9.26. The molecule has 1 N–H and O–H groups in total. The second kappa shape index (κ2) is 10.6. The summed E-state index contributed by atoms with van der Waals surface area (Å²) in [5.74, 6) is 1.76. The van der Waals surface area contributed by atoms with Crippen molar-refractivity contribution in [1.29, 1.82) is 0 Å². The standard InChI is InChI=1S/C24H33NO5/c1-4-18(24(26)27)12-11-17-7-5-10-21(13-17)29-15-22-16(2)30-23(25-22)19-8-6-9-20(14-19)28-3/h6,8-9,14,17-18,21H,4-5,7,10-13,15H2,1-3H3,(H,26,27). The van der Waals surface area contributed by atoms with E-state index in [9.17, 15) is 9.90 Å². The van der Waals surface area contributed by atoms with Crippen LogP contribution in [0.1, 0.15) is 63.3 Å². The monoisotopic (exact) mass is 415 g/mol. The largest absolute Gasteiger partial charge is 0.497 e. The number of hydrogen-bond donors (Lipinski definition) is 1. The minimum atomic E-state index is -0.672. The number of hydrogen-bond acceptors (Lipinski definition) is 5. The quantitative estimate of drug-likeness (QED) is 0.542. The van der Waals surface area contributed by atoms with Gasteiger partial charge in [0.1, 0.15) is 17.2 Å². The van der Waals surface area contributed by atoms with E-state index in [-0.39, 0.29) is 12.0 Å². The van der Waals surface area contributed by atoms with Crippen LogP contribution in [-0.4, -0.2) is 29.3 Å². The third kappa shape index (κ3) is 5.85. The molecule has 3 atom stereocenters. The highest BCUT2D eigenvalue weighted by Gasteiger charge is 2.25. The van der Waals surface area contributed by atoms with E-state index < -0.39 is 5.97 Å². The third-order valence-corrected chi connectivity index (χ3v) is 6.17. The highest BCUT2D eigenvalue weighted by Crippen LogP contribution is 2.32. The summed E-state index contributed by atoms with van der Waals surface area (Å²) < 4.78 is 17.3. The van der Waals surface area contributed by atoms with Crippen LogP contribution >= 0.6 is 0 Å². The minimum Gasteiger partial charge on any atom is -0.497 e. The number of benzene rings is 1. The SMILES string of the molecule is CCC(CCC1CCCC(OCc2nc(-c3cccc(OC)c3)oc2C)C1)C(=O)O. The average molecular weight is 416 g/mol. The first-order chi connectivity index (χ1) is 14.5. The van der Waals surface area contributed by atoms with Gasteiger partial charge in [0.2, 0.25) is 5.89 Å². The molecule has 1 aliphatic rings. The first-order valence-electron chi connectivity index (χ1n) is 10.9. The molecule has 1 fully saturated rings. The Morgan fingerprint density at radius 3 is 2.93 bits per heavy atom. The van der Waals surface area contributed by atoms with Crippen molar-refractivity contribution in [3.8, 4) is 17.2 Å². The van der Waals surface area contributed by atoms with E-state index >= 15 is 0 Å². The second-order valence-electron chi connectivity index (χ2n) is 8.24. The number of aliphatic carboxylic acids is 1. The molecule has 0 saturated heterocycles. The molecule has 30 heavy (non-hydrogen) atoms. The van der Waals surface area contributed by atoms with E-state index in [4.69, 9.17) is 13.9 Å². The fraction of sp³-hybridized carbons (Fsp3) is 0.583. The maximum atomic E-state index is 11.3. The molecule has 0 spiro atoms. The third-order valence-electron chi connectivity index (χ3n) is 6.17. The van der Waals surface area contributed by atoms with Gasteiger partial charge in [-0.25, -0.2) is 4.98 Å². The van der Waals surface area contributed by atoms with Crippen molar-refractivity contribution < 1.29 is 23.8 Å². The smallest absolute Gasteiger partial charge is 0.306 e. The zero-order chi connectivity index (χ0) is 21.5. The van der Waals surface area contributed by atoms with Crippen LogP contribution in [0, 0.1) is 18.8 Å². The van der Waals surface area contributed by atoms with E-state index in [1.54, 1.807) is 7.11 Å². The number of ether oxygens (including phenoxy) is 2. The molecule has 1 aliphatic carbocycles. The van der Waals surface area contributed by atoms with Gasteiger partial charge in [0.25, 0.3) is 0 Å². The molecule has 1 saturated carbocycles.